The summed E-state index contributed by atoms with van der Waals surface area (Å²) in [6.45, 7) is 5.21. The van der Waals surface area contributed by atoms with E-state index in [4.69, 9.17) is 5.73 Å². The largest absolute Gasteiger partial charge is 0.342 e. The van der Waals surface area contributed by atoms with E-state index in [0.29, 0.717) is 6.04 Å². The lowest BCUT2D eigenvalue weighted by Gasteiger charge is -2.14. The van der Waals surface area contributed by atoms with Crippen LogP contribution < -0.4 is 5.73 Å². The summed E-state index contributed by atoms with van der Waals surface area (Å²) in [5, 5.41) is 1.31. The minimum Gasteiger partial charge on any atom is -0.342 e. The molecule has 2 nitrogen and oxygen atoms in total. The molecule has 3 heteroatoms. The van der Waals surface area contributed by atoms with Gasteiger partial charge >= 0.3 is 0 Å². The number of fused-ring (bicyclic) bond motifs is 1. The summed E-state index contributed by atoms with van der Waals surface area (Å²) in [6.07, 6.45) is 2.10. The topological polar surface area (TPSA) is 30.9 Å². The van der Waals surface area contributed by atoms with Crippen molar-refractivity contribution in [2.45, 2.75) is 32.7 Å². The van der Waals surface area contributed by atoms with Gasteiger partial charge < -0.3 is 10.3 Å². The van der Waals surface area contributed by atoms with Crippen molar-refractivity contribution in [1.82, 2.24) is 4.57 Å². The Bertz CT molecular complexity index is 514. The molecule has 0 aliphatic rings. The molecule has 0 aliphatic heterocycles. The quantitative estimate of drug-likeness (QED) is 0.912. The molecule has 2 aromatic rings. The second-order valence-corrected chi connectivity index (χ2v) is 5.61. The Morgan fingerprint density at radius 3 is 2.71 bits per heavy atom. The summed E-state index contributed by atoms with van der Waals surface area (Å²) in [4.78, 5) is 0. The van der Waals surface area contributed by atoms with E-state index in [1.54, 1.807) is 0 Å². The van der Waals surface area contributed by atoms with E-state index in [2.05, 4.69) is 58.6 Å². The van der Waals surface area contributed by atoms with E-state index < -0.39 is 0 Å². The fourth-order valence-corrected chi connectivity index (χ4v) is 2.69. The van der Waals surface area contributed by atoms with Gasteiger partial charge in [0, 0.05) is 21.7 Å². The van der Waals surface area contributed by atoms with E-state index in [1.165, 1.54) is 16.6 Å². The highest BCUT2D eigenvalue weighted by Gasteiger charge is 2.11. The Hall–Kier alpha value is -0.800. The summed E-state index contributed by atoms with van der Waals surface area (Å²) in [7, 11) is 0. The molecule has 0 saturated carbocycles. The lowest BCUT2D eigenvalue weighted by Crippen LogP contribution is -2.08. The lowest BCUT2D eigenvalue weighted by atomic mass is 10.2. The van der Waals surface area contributed by atoms with Gasteiger partial charge in [-0.15, -0.1) is 0 Å². The molecule has 0 radical (unpaired) electrons. The van der Waals surface area contributed by atoms with Gasteiger partial charge in [-0.2, -0.15) is 0 Å². The molecule has 1 aromatic carbocycles. The van der Waals surface area contributed by atoms with Crippen LogP contribution in [0.1, 0.15) is 32.0 Å². The molecule has 0 spiro atoms. The van der Waals surface area contributed by atoms with Gasteiger partial charge in [-0.25, -0.2) is 0 Å². The SMILES string of the molecule is CC(C)n1c(CCCN)cc2ccc(Br)cc21. The highest BCUT2D eigenvalue weighted by Crippen LogP contribution is 2.27. The van der Waals surface area contributed by atoms with Gasteiger partial charge in [0.2, 0.25) is 0 Å². The zero-order chi connectivity index (χ0) is 12.4. The zero-order valence-corrected chi connectivity index (χ0v) is 12.0. The van der Waals surface area contributed by atoms with Gasteiger partial charge in [-0.1, -0.05) is 22.0 Å². The van der Waals surface area contributed by atoms with Crippen LogP contribution in [0.25, 0.3) is 10.9 Å². The third-order valence-corrected chi connectivity index (χ3v) is 3.53. The predicted octanol–water partition coefficient (Wildman–Crippen LogP) is 3.88. The first-order valence-electron chi connectivity index (χ1n) is 6.13. The zero-order valence-electron chi connectivity index (χ0n) is 10.4. The molecule has 0 saturated heterocycles. The molecule has 92 valence electrons. The molecule has 1 aromatic heterocycles. The maximum Gasteiger partial charge on any atom is 0.0496 e. The number of nitrogens with zero attached hydrogens (tertiary/aromatic N) is 1. The Morgan fingerprint density at radius 1 is 1.29 bits per heavy atom. The number of nitrogens with two attached hydrogens (primary N) is 1. The number of hydrogen-bond acceptors (Lipinski definition) is 1. The van der Waals surface area contributed by atoms with Crippen LogP contribution >= 0.6 is 15.9 Å². The van der Waals surface area contributed by atoms with E-state index in [1.807, 2.05) is 0 Å². The summed E-state index contributed by atoms with van der Waals surface area (Å²) < 4.78 is 3.55. The first-order chi connectivity index (χ1) is 8.13. The van der Waals surface area contributed by atoms with E-state index in [-0.39, 0.29) is 0 Å². The monoisotopic (exact) mass is 294 g/mol. The minimum absolute atomic E-state index is 0.481. The second-order valence-electron chi connectivity index (χ2n) is 4.69. The van der Waals surface area contributed by atoms with Crippen LogP contribution in [0, 0.1) is 0 Å². The van der Waals surface area contributed by atoms with E-state index in [0.717, 1.165) is 23.9 Å². The standard InChI is InChI=1S/C14H19BrN2/c1-10(2)17-13(4-3-7-16)8-11-5-6-12(15)9-14(11)17/h5-6,8-10H,3-4,7,16H2,1-2H3. The summed E-state index contributed by atoms with van der Waals surface area (Å²) in [6, 6.07) is 9.23. The lowest BCUT2D eigenvalue weighted by molar-refractivity contribution is 0.587. The molecular weight excluding hydrogens is 276 g/mol. The van der Waals surface area contributed by atoms with Crippen molar-refractivity contribution in [2.24, 2.45) is 5.73 Å². The van der Waals surface area contributed by atoms with Crippen LogP contribution in [0.15, 0.2) is 28.7 Å². The molecular formula is C14H19BrN2. The van der Waals surface area contributed by atoms with Gasteiger partial charge in [0.1, 0.15) is 0 Å². The van der Waals surface area contributed by atoms with Crippen LogP contribution in [-0.2, 0) is 6.42 Å². The summed E-state index contributed by atoms with van der Waals surface area (Å²) in [5.74, 6) is 0. The molecule has 1 heterocycles. The van der Waals surface area contributed by atoms with Crippen LogP contribution in [-0.4, -0.2) is 11.1 Å². The van der Waals surface area contributed by atoms with Crippen LogP contribution in [0.2, 0.25) is 0 Å². The molecule has 0 bridgehead atoms. The minimum atomic E-state index is 0.481. The van der Waals surface area contributed by atoms with Gasteiger partial charge in [-0.05, 0) is 56.8 Å². The first-order valence-corrected chi connectivity index (χ1v) is 6.92. The van der Waals surface area contributed by atoms with E-state index in [9.17, 15) is 0 Å². The summed E-state index contributed by atoms with van der Waals surface area (Å²) >= 11 is 3.54. The van der Waals surface area contributed by atoms with Gasteiger partial charge in [-0.3, -0.25) is 0 Å². The van der Waals surface area contributed by atoms with Crippen molar-refractivity contribution >= 4 is 26.8 Å². The van der Waals surface area contributed by atoms with Gasteiger partial charge in [0.15, 0.2) is 0 Å². The number of aryl methyl sites for hydroxylation is 1. The van der Waals surface area contributed by atoms with Crippen LogP contribution in [0.3, 0.4) is 0 Å². The Labute approximate surface area is 111 Å². The normalized spacial score (nSPS) is 11.6. The number of rotatable bonds is 4. The maximum absolute atomic E-state index is 5.60. The van der Waals surface area contributed by atoms with Gasteiger partial charge in [0.05, 0.1) is 0 Å². The Kier molecular flexibility index (Phi) is 3.89. The number of halogens is 1. The fraction of sp³-hybridized carbons (Fsp3) is 0.429. The van der Waals surface area contributed by atoms with Crippen LogP contribution in [0.5, 0.6) is 0 Å². The third-order valence-electron chi connectivity index (χ3n) is 3.04. The van der Waals surface area contributed by atoms with Crippen LogP contribution in [0.4, 0.5) is 0 Å². The van der Waals surface area contributed by atoms with Crippen molar-refractivity contribution in [3.8, 4) is 0 Å². The molecule has 0 fully saturated rings. The predicted molar refractivity (Wildman–Crippen MR) is 77.4 cm³/mol. The smallest absolute Gasteiger partial charge is 0.0496 e. The fourth-order valence-electron chi connectivity index (χ4n) is 2.34. The Morgan fingerprint density at radius 2 is 2.06 bits per heavy atom. The Balaban J connectivity index is 2.54. The number of hydrogen-bond donors (Lipinski definition) is 1. The molecule has 2 N–H and O–H groups in total. The molecule has 0 atom stereocenters. The van der Waals surface area contributed by atoms with E-state index >= 15 is 0 Å². The van der Waals surface area contributed by atoms with Crippen molar-refractivity contribution in [3.63, 3.8) is 0 Å². The number of aromatic nitrogens is 1. The molecule has 0 aliphatic carbocycles. The molecule has 0 amide bonds. The summed E-state index contributed by atoms with van der Waals surface area (Å²) in [5.41, 5.74) is 8.30. The van der Waals surface area contributed by atoms with Crippen molar-refractivity contribution in [2.75, 3.05) is 6.54 Å². The highest BCUT2D eigenvalue weighted by molar-refractivity contribution is 9.10. The molecule has 17 heavy (non-hydrogen) atoms. The second kappa shape index (κ2) is 5.23. The third kappa shape index (κ3) is 2.55. The van der Waals surface area contributed by atoms with Crippen molar-refractivity contribution in [1.29, 1.82) is 0 Å². The first kappa shape index (κ1) is 12.7. The number of benzene rings is 1. The molecule has 0 unspecified atom stereocenters. The molecule has 2 rings (SSSR count). The average molecular weight is 295 g/mol. The van der Waals surface area contributed by atoms with Crippen molar-refractivity contribution in [3.05, 3.63) is 34.4 Å². The van der Waals surface area contributed by atoms with Gasteiger partial charge in [0.25, 0.3) is 0 Å². The maximum atomic E-state index is 5.60. The average Bonchev–Trinajstić information content (AvgIpc) is 2.63. The van der Waals surface area contributed by atoms with Crippen molar-refractivity contribution < 1.29 is 0 Å². The highest BCUT2D eigenvalue weighted by atomic mass is 79.9.